The average molecular weight is 246 g/mol. The van der Waals surface area contributed by atoms with Gasteiger partial charge in [0.2, 0.25) is 0 Å². The molecule has 2 aliphatic carbocycles. The molecule has 3 unspecified atom stereocenters. The molecule has 96 valence electrons. The molecule has 2 N–H and O–H groups in total. The standard InChI is InChI=1S/C15H18O3/c16-13(17)9-15-8-4-3-7-12(15)10-5-1-2-6-11(10)14(15)18/h1-2,5-6,12,14,18H,3-4,7-9H2,(H,16,17). The summed E-state index contributed by atoms with van der Waals surface area (Å²) in [6.45, 7) is 0. The lowest BCUT2D eigenvalue weighted by Crippen LogP contribution is -2.35. The van der Waals surface area contributed by atoms with Crippen LogP contribution >= 0.6 is 0 Å². The lowest BCUT2D eigenvalue weighted by Gasteiger charge is -2.41. The Hall–Kier alpha value is -1.35. The zero-order chi connectivity index (χ0) is 12.8. The molecule has 0 radical (unpaired) electrons. The molecule has 0 aliphatic heterocycles. The van der Waals surface area contributed by atoms with Crippen LogP contribution in [-0.4, -0.2) is 16.2 Å². The molecular formula is C15H18O3. The third kappa shape index (κ3) is 1.50. The smallest absolute Gasteiger partial charge is 0.304 e. The molecule has 3 heteroatoms. The van der Waals surface area contributed by atoms with Crippen LogP contribution in [0.3, 0.4) is 0 Å². The number of hydrogen-bond acceptors (Lipinski definition) is 2. The summed E-state index contributed by atoms with van der Waals surface area (Å²) in [5, 5.41) is 19.8. The summed E-state index contributed by atoms with van der Waals surface area (Å²) < 4.78 is 0. The number of carboxylic acid groups (broad SMARTS) is 1. The third-order valence-electron chi connectivity index (χ3n) is 4.77. The van der Waals surface area contributed by atoms with Crippen molar-refractivity contribution in [2.24, 2.45) is 5.41 Å². The highest BCUT2D eigenvalue weighted by Gasteiger charge is 2.54. The lowest BCUT2D eigenvalue weighted by atomic mass is 9.64. The van der Waals surface area contributed by atoms with Crippen molar-refractivity contribution in [2.75, 3.05) is 0 Å². The molecule has 1 aromatic carbocycles. The number of carbonyl (C=O) groups is 1. The third-order valence-corrected chi connectivity index (χ3v) is 4.77. The Kier molecular flexibility index (Phi) is 2.67. The number of carboxylic acids is 1. The van der Waals surface area contributed by atoms with Gasteiger partial charge in [-0.15, -0.1) is 0 Å². The first kappa shape index (κ1) is 11.7. The van der Waals surface area contributed by atoms with Gasteiger partial charge in [0.1, 0.15) is 0 Å². The second-order valence-corrected chi connectivity index (χ2v) is 5.63. The Bertz CT molecular complexity index is 482. The maximum absolute atomic E-state index is 11.2. The van der Waals surface area contributed by atoms with Gasteiger partial charge in [0, 0.05) is 5.41 Å². The molecular weight excluding hydrogens is 228 g/mol. The molecule has 0 aromatic heterocycles. The van der Waals surface area contributed by atoms with Crippen LogP contribution in [0.4, 0.5) is 0 Å². The summed E-state index contributed by atoms with van der Waals surface area (Å²) in [4.78, 5) is 11.2. The maximum Gasteiger partial charge on any atom is 0.304 e. The van der Waals surface area contributed by atoms with Gasteiger partial charge >= 0.3 is 5.97 Å². The molecule has 3 atom stereocenters. The predicted octanol–water partition coefficient (Wildman–Crippen LogP) is 2.85. The van der Waals surface area contributed by atoms with Crippen molar-refractivity contribution < 1.29 is 15.0 Å². The first-order valence-electron chi connectivity index (χ1n) is 6.64. The van der Waals surface area contributed by atoms with Crippen LogP contribution in [0.15, 0.2) is 24.3 Å². The van der Waals surface area contributed by atoms with Crippen molar-refractivity contribution in [1.29, 1.82) is 0 Å². The van der Waals surface area contributed by atoms with Crippen LogP contribution in [0.2, 0.25) is 0 Å². The van der Waals surface area contributed by atoms with E-state index >= 15 is 0 Å². The molecule has 1 aromatic rings. The highest BCUT2D eigenvalue weighted by molar-refractivity contribution is 5.69. The Morgan fingerprint density at radius 1 is 1.28 bits per heavy atom. The van der Waals surface area contributed by atoms with Gasteiger partial charge in [-0.05, 0) is 29.9 Å². The Labute approximate surface area is 106 Å². The fraction of sp³-hybridized carbons (Fsp3) is 0.533. The molecule has 3 nitrogen and oxygen atoms in total. The first-order chi connectivity index (χ1) is 8.65. The molecule has 0 saturated heterocycles. The van der Waals surface area contributed by atoms with Crippen molar-refractivity contribution in [1.82, 2.24) is 0 Å². The Morgan fingerprint density at radius 2 is 2.00 bits per heavy atom. The SMILES string of the molecule is O=C(O)CC12CCCCC1c1ccccc1C2O. The van der Waals surface area contributed by atoms with Gasteiger partial charge in [0.05, 0.1) is 12.5 Å². The molecule has 2 aliphatic rings. The highest BCUT2D eigenvalue weighted by Crippen LogP contribution is 2.62. The normalized spacial score (nSPS) is 33.8. The van der Waals surface area contributed by atoms with Crippen molar-refractivity contribution in [3.8, 4) is 0 Å². The molecule has 0 amide bonds. The van der Waals surface area contributed by atoms with Gasteiger partial charge in [-0.25, -0.2) is 0 Å². The average Bonchev–Trinajstić information content (AvgIpc) is 2.60. The van der Waals surface area contributed by atoms with Gasteiger partial charge in [-0.3, -0.25) is 4.79 Å². The monoisotopic (exact) mass is 246 g/mol. The van der Waals surface area contributed by atoms with E-state index in [1.54, 1.807) is 0 Å². The number of aliphatic hydroxyl groups is 1. The first-order valence-corrected chi connectivity index (χ1v) is 6.64. The van der Waals surface area contributed by atoms with Crippen LogP contribution in [0.25, 0.3) is 0 Å². The molecule has 3 rings (SSSR count). The number of aliphatic hydroxyl groups excluding tert-OH is 1. The van der Waals surface area contributed by atoms with Gasteiger partial charge in [0.15, 0.2) is 0 Å². The quantitative estimate of drug-likeness (QED) is 0.843. The molecule has 0 heterocycles. The highest BCUT2D eigenvalue weighted by atomic mass is 16.4. The summed E-state index contributed by atoms with van der Waals surface area (Å²) in [5.41, 5.74) is 1.66. The van der Waals surface area contributed by atoms with E-state index in [9.17, 15) is 15.0 Å². The summed E-state index contributed by atoms with van der Waals surface area (Å²) in [6.07, 6.45) is 3.44. The fourth-order valence-electron chi connectivity index (χ4n) is 4.03. The summed E-state index contributed by atoms with van der Waals surface area (Å²) in [5.74, 6) is -0.581. The van der Waals surface area contributed by atoms with E-state index in [-0.39, 0.29) is 12.3 Å². The van der Waals surface area contributed by atoms with Crippen LogP contribution in [0, 0.1) is 5.41 Å². The van der Waals surface area contributed by atoms with Crippen molar-refractivity contribution >= 4 is 5.97 Å². The zero-order valence-electron chi connectivity index (χ0n) is 10.3. The second kappa shape index (κ2) is 4.09. The maximum atomic E-state index is 11.2. The van der Waals surface area contributed by atoms with Crippen molar-refractivity contribution in [3.05, 3.63) is 35.4 Å². The van der Waals surface area contributed by atoms with E-state index in [2.05, 4.69) is 6.07 Å². The summed E-state index contributed by atoms with van der Waals surface area (Å²) in [7, 11) is 0. The second-order valence-electron chi connectivity index (χ2n) is 5.63. The molecule has 18 heavy (non-hydrogen) atoms. The number of benzene rings is 1. The van der Waals surface area contributed by atoms with Gasteiger partial charge in [0.25, 0.3) is 0 Å². The van der Waals surface area contributed by atoms with E-state index in [1.165, 1.54) is 5.56 Å². The lowest BCUT2D eigenvalue weighted by molar-refractivity contribution is -0.144. The number of rotatable bonds is 2. The van der Waals surface area contributed by atoms with Gasteiger partial charge < -0.3 is 10.2 Å². The van der Waals surface area contributed by atoms with E-state index < -0.39 is 17.5 Å². The number of hydrogen-bond donors (Lipinski definition) is 2. The van der Waals surface area contributed by atoms with E-state index in [0.29, 0.717) is 0 Å². The number of aliphatic carboxylic acids is 1. The summed E-state index contributed by atoms with van der Waals surface area (Å²) >= 11 is 0. The predicted molar refractivity (Wildman–Crippen MR) is 67.3 cm³/mol. The molecule has 1 fully saturated rings. The van der Waals surface area contributed by atoms with E-state index in [0.717, 1.165) is 31.2 Å². The topological polar surface area (TPSA) is 57.5 Å². The minimum absolute atomic E-state index is 0.0769. The fourth-order valence-corrected chi connectivity index (χ4v) is 4.03. The Morgan fingerprint density at radius 3 is 2.72 bits per heavy atom. The minimum Gasteiger partial charge on any atom is -0.481 e. The largest absolute Gasteiger partial charge is 0.481 e. The van der Waals surface area contributed by atoms with Crippen LogP contribution in [-0.2, 0) is 4.79 Å². The minimum atomic E-state index is -0.797. The van der Waals surface area contributed by atoms with E-state index in [1.807, 2.05) is 18.2 Å². The summed E-state index contributed by atoms with van der Waals surface area (Å²) in [6, 6.07) is 7.91. The van der Waals surface area contributed by atoms with Gasteiger partial charge in [-0.1, -0.05) is 37.1 Å². The van der Waals surface area contributed by atoms with Crippen LogP contribution in [0.5, 0.6) is 0 Å². The molecule has 0 spiro atoms. The van der Waals surface area contributed by atoms with Gasteiger partial charge in [-0.2, -0.15) is 0 Å². The van der Waals surface area contributed by atoms with Crippen molar-refractivity contribution in [3.63, 3.8) is 0 Å². The van der Waals surface area contributed by atoms with Crippen molar-refractivity contribution in [2.45, 2.75) is 44.1 Å². The Balaban J connectivity index is 2.09. The van der Waals surface area contributed by atoms with E-state index in [4.69, 9.17) is 0 Å². The zero-order valence-corrected chi connectivity index (χ0v) is 10.3. The molecule has 1 saturated carbocycles. The number of fused-ring (bicyclic) bond motifs is 3. The molecule has 0 bridgehead atoms. The van der Waals surface area contributed by atoms with Crippen LogP contribution < -0.4 is 0 Å². The van der Waals surface area contributed by atoms with Crippen LogP contribution in [0.1, 0.15) is 55.3 Å².